The second-order valence-electron chi connectivity index (χ2n) is 3.83. The van der Waals surface area contributed by atoms with Crippen molar-refractivity contribution in [3.63, 3.8) is 0 Å². The molecule has 0 fully saturated rings. The summed E-state index contributed by atoms with van der Waals surface area (Å²) in [7, 11) is 0. The molecule has 4 heteroatoms. The molecule has 0 aliphatic heterocycles. The molecular weight excluding hydrogens is 202 g/mol. The lowest BCUT2D eigenvalue weighted by Crippen LogP contribution is -2.37. The van der Waals surface area contributed by atoms with Crippen LogP contribution in [0.3, 0.4) is 0 Å². The lowest BCUT2D eigenvalue weighted by molar-refractivity contribution is -0.121. The largest absolute Gasteiger partial charge is 0.399 e. The number of rotatable bonds is 4. The van der Waals surface area contributed by atoms with Crippen LogP contribution in [0.1, 0.15) is 19.4 Å². The molecule has 0 aliphatic carbocycles. The van der Waals surface area contributed by atoms with Crippen LogP contribution in [0.25, 0.3) is 0 Å². The molecule has 1 unspecified atom stereocenters. The number of hydrogen-bond acceptors (Lipinski definition) is 3. The normalized spacial score (nSPS) is 11.9. The molecule has 0 radical (unpaired) electrons. The predicted molar refractivity (Wildman–Crippen MR) is 67.4 cm³/mol. The smallest absolute Gasteiger partial charge is 0.242 e. The summed E-state index contributed by atoms with van der Waals surface area (Å²) < 4.78 is 0. The van der Waals surface area contributed by atoms with Crippen molar-refractivity contribution in [2.75, 3.05) is 17.6 Å². The van der Waals surface area contributed by atoms with Crippen molar-refractivity contribution in [1.82, 2.24) is 5.32 Å². The first-order valence-corrected chi connectivity index (χ1v) is 5.45. The molecule has 0 heterocycles. The third-order valence-corrected chi connectivity index (χ3v) is 2.38. The zero-order valence-corrected chi connectivity index (χ0v) is 10.0. The minimum absolute atomic E-state index is 0.00988. The van der Waals surface area contributed by atoms with Gasteiger partial charge in [0.15, 0.2) is 0 Å². The monoisotopic (exact) mass is 221 g/mol. The summed E-state index contributed by atoms with van der Waals surface area (Å²) in [6.07, 6.45) is 0. The van der Waals surface area contributed by atoms with E-state index in [4.69, 9.17) is 5.73 Å². The summed E-state index contributed by atoms with van der Waals surface area (Å²) >= 11 is 0. The van der Waals surface area contributed by atoms with E-state index in [-0.39, 0.29) is 11.9 Å². The van der Waals surface area contributed by atoms with Gasteiger partial charge in [0.1, 0.15) is 6.04 Å². The molecule has 4 N–H and O–H groups in total. The van der Waals surface area contributed by atoms with Crippen LogP contribution >= 0.6 is 0 Å². The molecule has 0 saturated carbocycles. The van der Waals surface area contributed by atoms with Gasteiger partial charge in [0.2, 0.25) is 5.91 Å². The van der Waals surface area contributed by atoms with Crippen LogP contribution in [0.2, 0.25) is 0 Å². The van der Waals surface area contributed by atoms with Crippen LogP contribution in [-0.2, 0) is 4.79 Å². The fraction of sp³-hybridized carbons (Fsp3) is 0.417. The first-order chi connectivity index (χ1) is 7.54. The van der Waals surface area contributed by atoms with Crippen molar-refractivity contribution in [1.29, 1.82) is 0 Å². The number of carbonyl (C=O) groups excluding carboxylic acids is 1. The minimum atomic E-state index is -0.263. The van der Waals surface area contributed by atoms with Crippen molar-refractivity contribution in [2.45, 2.75) is 26.8 Å². The van der Waals surface area contributed by atoms with Crippen LogP contribution in [0.4, 0.5) is 11.4 Å². The highest BCUT2D eigenvalue weighted by atomic mass is 16.2. The summed E-state index contributed by atoms with van der Waals surface area (Å²) in [4.78, 5) is 11.5. The number of likely N-dealkylation sites (N-methyl/N-ethyl adjacent to an activating group) is 1. The van der Waals surface area contributed by atoms with Crippen LogP contribution < -0.4 is 16.4 Å². The van der Waals surface area contributed by atoms with Crippen molar-refractivity contribution >= 4 is 17.3 Å². The molecule has 0 aromatic heterocycles. The summed E-state index contributed by atoms with van der Waals surface area (Å²) in [6.45, 7) is 6.34. The number of nitrogen functional groups attached to an aromatic ring is 1. The van der Waals surface area contributed by atoms with Gasteiger partial charge in [-0.15, -0.1) is 0 Å². The average Bonchev–Trinajstić information content (AvgIpc) is 2.23. The maximum absolute atomic E-state index is 11.5. The van der Waals surface area contributed by atoms with Crippen molar-refractivity contribution in [3.8, 4) is 0 Å². The Morgan fingerprint density at radius 1 is 1.50 bits per heavy atom. The predicted octanol–water partition coefficient (Wildman–Crippen LogP) is 1.51. The summed E-state index contributed by atoms with van der Waals surface area (Å²) in [5.74, 6) is -0.00988. The Hall–Kier alpha value is -1.71. The van der Waals surface area contributed by atoms with Gasteiger partial charge in [-0.25, -0.2) is 0 Å². The van der Waals surface area contributed by atoms with Gasteiger partial charge < -0.3 is 16.4 Å². The van der Waals surface area contributed by atoms with E-state index in [9.17, 15) is 4.79 Å². The van der Waals surface area contributed by atoms with E-state index in [1.54, 1.807) is 0 Å². The quantitative estimate of drug-likeness (QED) is 0.675. The van der Waals surface area contributed by atoms with Crippen molar-refractivity contribution in [3.05, 3.63) is 23.8 Å². The number of nitrogens with one attached hydrogen (secondary N) is 2. The van der Waals surface area contributed by atoms with E-state index in [1.807, 2.05) is 39.0 Å². The van der Waals surface area contributed by atoms with Gasteiger partial charge in [0.05, 0.1) is 0 Å². The highest BCUT2D eigenvalue weighted by Gasteiger charge is 2.12. The molecule has 88 valence electrons. The van der Waals surface area contributed by atoms with Crippen LogP contribution in [0, 0.1) is 6.92 Å². The topological polar surface area (TPSA) is 67.2 Å². The molecule has 16 heavy (non-hydrogen) atoms. The van der Waals surface area contributed by atoms with Gasteiger partial charge >= 0.3 is 0 Å². The summed E-state index contributed by atoms with van der Waals surface area (Å²) in [5.41, 5.74) is 8.36. The SMILES string of the molecule is CCNC(=O)C(C)Nc1cc(N)ccc1C. The highest BCUT2D eigenvalue weighted by molar-refractivity contribution is 5.84. The number of aryl methyl sites for hydroxylation is 1. The van der Waals surface area contributed by atoms with E-state index < -0.39 is 0 Å². The maximum Gasteiger partial charge on any atom is 0.242 e. The number of anilines is 2. The Balaban J connectivity index is 2.72. The number of nitrogens with two attached hydrogens (primary N) is 1. The number of benzene rings is 1. The molecule has 0 spiro atoms. The molecule has 4 nitrogen and oxygen atoms in total. The first kappa shape index (κ1) is 12.4. The fourth-order valence-corrected chi connectivity index (χ4v) is 1.42. The number of amides is 1. The Kier molecular flexibility index (Phi) is 4.17. The van der Waals surface area contributed by atoms with Gasteiger partial charge in [-0.1, -0.05) is 6.07 Å². The standard InChI is InChI=1S/C12H19N3O/c1-4-14-12(16)9(3)15-11-7-10(13)6-5-8(11)2/h5-7,9,15H,4,13H2,1-3H3,(H,14,16). The molecule has 1 atom stereocenters. The van der Waals surface area contributed by atoms with Gasteiger partial charge in [0.25, 0.3) is 0 Å². The Morgan fingerprint density at radius 2 is 2.19 bits per heavy atom. The second kappa shape index (κ2) is 5.39. The van der Waals surface area contributed by atoms with Crippen LogP contribution in [-0.4, -0.2) is 18.5 Å². The Labute approximate surface area is 96.2 Å². The lowest BCUT2D eigenvalue weighted by Gasteiger charge is -2.16. The zero-order valence-electron chi connectivity index (χ0n) is 10.0. The summed E-state index contributed by atoms with van der Waals surface area (Å²) in [6, 6.07) is 5.35. The molecule has 1 aromatic carbocycles. The second-order valence-corrected chi connectivity index (χ2v) is 3.83. The van der Waals surface area contributed by atoms with Gasteiger partial charge in [-0.3, -0.25) is 4.79 Å². The molecule has 1 aromatic rings. The van der Waals surface area contributed by atoms with E-state index in [0.29, 0.717) is 12.2 Å². The molecule has 1 rings (SSSR count). The van der Waals surface area contributed by atoms with Crippen molar-refractivity contribution in [2.24, 2.45) is 0 Å². The molecule has 1 amide bonds. The molecule has 0 bridgehead atoms. The third-order valence-electron chi connectivity index (χ3n) is 2.38. The van der Waals surface area contributed by atoms with E-state index in [0.717, 1.165) is 11.3 Å². The van der Waals surface area contributed by atoms with E-state index in [2.05, 4.69) is 10.6 Å². The zero-order chi connectivity index (χ0) is 12.1. The fourth-order valence-electron chi connectivity index (χ4n) is 1.42. The number of hydrogen-bond donors (Lipinski definition) is 3. The van der Waals surface area contributed by atoms with Crippen molar-refractivity contribution < 1.29 is 4.79 Å². The minimum Gasteiger partial charge on any atom is -0.399 e. The van der Waals surface area contributed by atoms with Crippen LogP contribution in [0.15, 0.2) is 18.2 Å². The first-order valence-electron chi connectivity index (χ1n) is 5.45. The average molecular weight is 221 g/mol. The van der Waals surface area contributed by atoms with Crippen LogP contribution in [0.5, 0.6) is 0 Å². The van der Waals surface area contributed by atoms with Gasteiger partial charge in [0, 0.05) is 17.9 Å². The van der Waals surface area contributed by atoms with E-state index >= 15 is 0 Å². The third kappa shape index (κ3) is 3.15. The lowest BCUT2D eigenvalue weighted by atomic mass is 10.1. The van der Waals surface area contributed by atoms with Gasteiger partial charge in [-0.05, 0) is 38.5 Å². The molecule has 0 saturated heterocycles. The number of carbonyl (C=O) groups is 1. The van der Waals surface area contributed by atoms with Gasteiger partial charge in [-0.2, -0.15) is 0 Å². The maximum atomic E-state index is 11.5. The Morgan fingerprint density at radius 3 is 2.81 bits per heavy atom. The van der Waals surface area contributed by atoms with E-state index in [1.165, 1.54) is 0 Å². The molecular formula is C12H19N3O. The molecule has 0 aliphatic rings. The summed E-state index contributed by atoms with van der Waals surface area (Å²) in [5, 5.41) is 5.91. The Bertz CT molecular complexity index is 377. The highest BCUT2D eigenvalue weighted by Crippen LogP contribution is 2.18.